The number of fused-ring (bicyclic) bond motifs is 7. The number of hydrogen-bond acceptors (Lipinski definition) is 2. The van der Waals surface area contributed by atoms with Gasteiger partial charge in [0.2, 0.25) is 0 Å². The molecule has 0 saturated heterocycles. The zero-order chi connectivity index (χ0) is 30.5. The Labute approximate surface area is 262 Å². The van der Waals surface area contributed by atoms with Gasteiger partial charge >= 0.3 is 0 Å². The molecule has 4 nitrogen and oxygen atoms in total. The second kappa shape index (κ2) is 10.5. The molecule has 1 heterocycles. The molecule has 1 N–H and O–H groups in total. The lowest BCUT2D eigenvalue weighted by atomic mass is 9.82. The van der Waals surface area contributed by atoms with Crippen LogP contribution in [-0.4, -0.2) is 10.4 Å². The third kappa shape index (κ3) is 4.41. The first-order valence-corrected chi connectivity index (χ1v) is 15.4. The Bertz CT molecular complexity index is 2270. The first-order valence-electron chi connectivity index (χ1n) is 15.4. The largest absolute Gasteiger partial charge is 0.309 e. The first kappa shape index (κ1) is 27.0. The minimum absolute atomic E-state index is 0.0952. The van der Waals surface area contributed by atoms with Crippen molar-refractivity contribution in [1.29, 1.82) is 5.41 Å². The maximum Gasteiger partial charge on any atom is 0.173 e. The fraction of sp³-hybridized carbons (Fsp3) is 0.0976. The molecule has 1 aliphatic rings. The van der Waals surface area contributed by atoms with E-state index in [2.05, 4.69) is 138 Å². The van der Waals surface area contributed by atoms with Crippen LogP contribution in [0.4, 0.5) is 0 Å². The number of benzene rings is 6. The molecule has 0 radical (unpaired) electrons. The summed E-state index contributed by atoms with van der Waals surface area (Å²) in [6, 6.07) is 49.1. The topological polar surface area (TPSA) is 53.5 Å². The molecule has 6 aromatic carbocycles. The second-order valence-electron chi connectivity index (χ2n) is 12.3. The highest BCUT2D eigenvalue weighted by Gasteiger charge is 2.37. The van der Waals surface area contributed by atoms with E-state index in [4.69, 9.17) is 5.41 Å². The van der Waals surface area contributed by atoms with E-state index in [1.165, 1.54) is 55.2 Å². The Hall–Kier alpha value is -5.61. The normalized spacial score (nSPS) is 13.4. The summed E-state index contributed by atoms with van der Waals surface area (Å²) in [5.74, 6) is 0.167. The lowest BCUT2D eigenvalue weighted by Gasteiger charge is -2.21. The molecule has 1 aromatic heterocycles. The van der Waals surface area contributed by atoms with Crippen molar-refractivity contribution < 1.29 is 0 Å². The van der Waals surface area contributed by atoms with Crippen LogP contribution < -0.4 is 0 Å². The van der Waals surface area contributed by atoms with E-state index in [1.807, 2.05) is 30.3 Å². The molecule has 8 rings (SSSR count). The molecule has 1 aliphatic carbocycles. The Kier molecular flexibility index (Phi) is 6.31. The zero-order valence-corrected chi connectivity index (χ0v) is 25.3. The molecule has 216 valence electrons. The van der Waals surface area contributed by atoms with Crippen LogP contribution in [0.2, 0.25) is 0 Å². The van der Waals surface area contributed by atoms with Gasteiger partial charge in [-0.15, -0.1) is 5.11 Å². The van der Waals surface area contributed by atoms with Crippen LogP contribution in [0, 0.1) is 5.41 Å². The highest BCUT2D eigenvalue weighted by atomic mass is 15.1. The maximum atomic E-state index is 8.31. The van der Waals surface area contributed by atoms with Gasteiger partial charge in [0.15, 0.2) is 5.84 Å². The van der Waals surface area contributed by atoms with Gasteiger partial charge in [0, 0.05) is 33.0 Å². The highest BCUT2D eigenvalue weighted by Crippen LogP contribution is 2.53. The molecule has 4 heteroatoms. The Morgan fingerprint density at radius 2 is 1.42 bits per heavy atom. The average molecular weight is 581 g/mol. The van der Waals surface area contributed by atoms with Gasteiger partial charge in [-0.1, -0.05) is 129 Å². The van der Waals surface area contributed by atoms with Gasteiger partial charge < -0.3 is 4.57 Å². The summed E-state index contributed by atoms with van der Waals surface area (Å²) in [5.41, 5.74) is 12.9. The molecule has 7 aromatic rings. The van der Waals surface area contributed by atoms with Crippen molar-refractivity contribution >= 4 is 27.6 Å². The second-order valence-corrected chi connectivity index (χ2v) is 12.3. The van der Waals surface area contributed by atoms with Gasteiger partial charge in [-0.05, 0) is 57.6 Å². The monoisotopic (exact) mass is 580 g/mol. The summed E-state index contributed by atoms with van der Waals surface area (Å²) in [7, 11) is 0. The molecule has 45 heavy (non-hydrogen) atoms. The van der Waals surface area contributed by atoms with Crippen LogP contribution in [0.25, 0.3) is 49.7 Å². The average Bonchev–Trinajstić information content (AvgIpc) is 3.54. The zero-order valence-electron chi connectivity index (χ0n) is 25.3. The minimum Gasteiger partial charge on any atom is -0.309 e. The van der Waals surface area contributed by atoms with Gasteiger partial charge in [-0.25, -0.2) is 0 Å². The third-order valence-corrected chi connectivity index (χ3v) is 9.22. The molecule has 0 spiro atoms. The first-order chi connectivity index (χ1) is 22.0. The van der Waals surface area contributed by atoms with Gasteiger partial charge in [-0.3, -0.25) is 5.41 Å². The maximum absolute atomic E-state index is 8.31. The van der Waals surface area contributed by atoms with E-state index in [0.717, 1.165) is 16.8 Å². The number of azo groups is 1. The molecule has 0 aliphatic heterocycles. The van der Waals surface area contributed by atoms with E-state index in [1.54, 1.807) is 0 Å². The molecular formula is C41H32N4. The fourth-order valence-corrected chi connectivity index (χ4v) is 7.01. The molecular weight excluding hydrogens is 548 g/mol. The molecule has 0 atom stereocenters. The summed E-state index contributed by atoms with van der Waals surface area (Å²) >= 11 is 0. The fourth-order valence-electron chi connectivity index (χ4n) is 7.01. The summed E-state index contributed by atoms with van der Waals surface area (Å²) in [5, 5.41) is 19.4. The van der Waals surface area contributed by atoms with E-state index in [9.17, 15) is 0 Å². The predicted octanol–water partition coefficient (Wildman–Crippen LogP) is 10.7. The number of amidine groups is 1. The van der Waals surface area contributed by atoms with Crippen molar-refractivity contribution in [3.8, 4) is 27.9 Å². The van der Waals surface area contributed by atoms with Gasteiger partial charge in [0.05, 0.1) is 17.6 Å². The van der Waals surface area contributed by atoms with Crippen LogP contribution in [0.1, 0.15) is 36.1 Å². The van der Waals surface area contributed by atoms with Crippen molar-refractivity contribution in [2.75, 3.05) is 0 Å². The number of nitrogens with one attached hydrogen (secondary N) is 1. The number of aromatic nitrogens is 1. The van der Waals surface area contributed by atoms with Crippen molar-refractivity contribution in [1.82, 2.24) is 4.57 Å². The Morgan fingerprint density at radius 3 is 2.24 bits per heavy atom. The van der Waals surface area contributed by atoms with Crippen molar-refractivity contribution in [3.63, 3.8) is 0 Å². The van der Waals surface area contributed by atoms with Gasteiger partial charge in [0.1, 0.15) is 0 Å². The number of hydrogen-bond donors (Lipinski definition) is 1. The lowest BCUT2D eigenvalue weighted by molar-refractivity contribution is 0.661. The highest BCUT2D eigenvalue weighted by molar-refractivity contribution is 6.16. The SMILES string of the molecule is CC1(C)c2ccccc2-c2c1ccc1c3cc(-c4ccccc4)ccc3n(-c3cccc(C/N=N\C(=N)c4ccccc4)c3)c21. The smallest absolute Gasteiger partial charge is 0.173 e. The summed E-state index contributed by atoms with van der Waals surface area (Å²) < 4.78 is 2.43. The summed E-state index contributed by atoms with van der Waals surface area (Å²) in [4.78, 5) is 0. The molecule has 0 fully saturated rings. The van der Waals surface area contributed by atoms with Crippen molar-refractivity contribution in [2.45, 2.75) is 25.8 Å². The summed E-state index contributed by atoms with van der Waals surface area (Å²) in [6.45, 7) is 5.07. The van der Waals surface area contributed by atoms with Gasteiger partial charge in [-0.2, -0.15) is 5.11 Å². The van der Waals surface area contributed by atoms with Crippen LogP contribution in [0.5, 0.6) is 0 Å². The van der Waals surface area contributed by atoms with Crippen LogP contribution in [-0.2, 0) is 12.0 Å². The van der Waals surface area contributed by atoms with E-state index in [-0.39, 0.29) is 11.3 Å². The molecule has 0 unspecified atom stereocenters. The third-order valence-electron chi connectivity index (χ3n) is 9.22. The van der Waals surface area contributed by atoms with Gasteiger partial charge in [0.25, 0.3) is 0 Å². The Balaban J connectivity index is 1.32. The molecule has 0 amide bonds. The van der Waals surface area contributed by atoms with E-state index in [0.29, 0.717) is 6.54 Å². The Morgan fingerprint density at radius 1 is 0.667 bits per heavy atom. The quantitative estimate of drug-likeness (QED) is 0.120. The van der Waals surface area contributed by atoms with E-state index < -0.39 is 0 Å². The molecule has 0 bridgehead atoms. The molecule has 0 saturated carbocycles. The number of nitrogens with zero attached hydrogens (tertiary/aromatic N) is 3. The minimum atomic E-state index is -0.0952. The van der Waals surface area contributed by atoms with E-state index >= 15 is 0 Å². The predicted molar refractivity (Wildman–Crippen MR) is 186 cm³/mol. The standard InChI is InChI=1S/C41H32N4/c1-41(2)35-19-10-9-18-33(35)38-36(41)22-21-32-34-25-30(28-13-5-3-6-14-28)20-23-37(34)45(39(32)38)31-17-11-12-27(24-31)26-43-44-40(42)29-15-7-4-8-16-29/h3-25,42H,26H2,1-2H3/b42-40?,44-43-. The van der Waals surface area contributed by atoms with Crippen LogP contribution in [0.3, 0.4) is 0 Å². The van der Waals surface area contributed by atoms with Crippen molar-refractivity contribution in [2.24, 2.45) is 10.2 Å². The van der Waals surface area contributed by atoms with Crippen molar-refractivity contribution in [3.05, 3.63) is 162 Å². The number of rotatable bonds is 5. The van der Waals surface area contributed by atoms with Crippen LogP contribution in [0.15, 0.2) is 150 Å². The lowest BCUT2D eigenvalue weighted by Crippen LogP contribution is -2.14. The summed E-state index contributed by atoms with van der Waals surface area (Å²) in [6.07, 6.45) is 0. The van der Waals surface area contributed by atoms with Crippen LogP contribution >= 0.6 is 0 Å².